The van der Waals surface area contributed by atoms with Gasteiger partial charge in [0.15, 0.2) is 0 Å². The molecule has 1 aromatic carbocycles. The second-order valence-electron chi connectivity index (χ2n) is 4.74. The minimum atomic E-state index is -0.351. The van der Waals surface area contributed by atoms with E-state index in [1.807, 2.05) is 13.8 Å². The number of halogens is 1. The summed E-state index contributed by atoms with van der Waals surface area (Å²) in [6.07, 6.45) is 1.60. The monoisotopic (exact) mass is 275 g/mol. The van der Waals surface area contributed by atoms with E-state index in [-0.39, 0.29) is 17.8 Å². The molecular formula is C15H18FN3O. The zero-order valence-electron chi connectivity index (χ0n) is 11.9. The summed E-state index contributed by atoms with van der Waals surface area (Å²) < 4.78 is 13.2. The number of aromatic nitrogens is 1. The van der Waals surface area contributed by atoms with Crippen LogP contribution in [0.15, 0.2) is 30.5 Å². The van der Waals surface area contributed by atoms with Gasteiger partial charge in [0.1, 0.15) is 11.9 Å². The maximum absolute atomic E-state index is 13.2. The average Bonchev–Trinajstić information content (AvgIpc) is 2.45. The SMILES string of the molecule is CCN(C)C(=O)C(C)Nc1ccnc2cc(F)ccc12. The Morgan fingerprint density at radius 3 is 2.90 bits per heavy atom. The van der Waals surface area contributed by atoms with Crippen LogP contribution in [0.3, 0.4) is 0 Å². The molecule has 0 aliphatic rings. The summed E-state index contributed by atoms with van der Waals surface area (Å²) in [5.41, 5.74) is 1.35. The van der Waals surface area contributed by atoms with Crippen LogP contribution in [0.4, 0.5) is 10.1 Å². The summed E-state index contributed by atoms with van der Waals surface area (Å²) in [4.78, 5) is 17.8. The van der Waals surface area contributed by atoms with E-state index < -0.39 is 0 Å². The van der Waals surface area contributed by atoms with Crippen molar-refractivity contribution >= 4 is 22.5 Å². The molecule has 0 radical (unpaired) electrons. The second kappa shape index (κ2) is 5.86. The first-order valence-electron chi connectivity index (χ1n) is 6.58. The Hall–Kier alpha value is -2.17. The minimum Gasteiger partial charge on any atom is -0.373 e. The molecule has 106 valence electrons. The molecule has 20 heavy (non-hydrogen) atoms. The van der Waals surface area contributed by atoms with E-state index in [1.54, 1.807) is 30.3 Å². The number of hydrogen-bond acceptors (Lipinski definition) is 3. The Bertz CT molecular complexity index is 630. The predicted molar refractivity (Wildman–Crippen MR) is 78.1 cm³/mol. The van der Waals surface area contributed by atoms with Crippen molar-refractivity contribution in [1.82, 2.24) is 9.88 Å². The number of rotatable bonds is 4. The van der Waals surface area contributed by atoms with Crippen molar-refractivity contribution in [2.45, 2.75) is 19.9 Å². The number of hydrogen-bond donors (Lipinski definition) is 1. The van der Waals surface area contributed by atoms with Crippen LogP contribution in [0, 0.1) is 5.82 Å². The number of carbonyl (C=O) groups excluding carboxylic acids is 1. The Kier molecular flexibility index (Phi) is 4.17. The lowest BCUT2D eigenvalue weighted by molar-refractivity contribution is -0.130. The lowest BCUT2D eigenvalue weighted by Gasteiger charge is -2.21. The highest BCUT2D eigenvalue weighted by Crippen LogP contribution is 2.22. The quantitative estimate of drug-likeness (QED) is 0.933. The molecule has 0 saturated heterocycles. The molecule has 1 atom stereocenters. The normalized spacial score (nSPS) is 12.2. The predicted octanol–water partition coefficient (Wildman–Crippen LogP) is 2.65. The van der Waals surface area contributed by atoms with Crippen molar-refractivity contribution in [3.63, 3.8) is 0 Å². The van der Waals surface area contributed by atoms with Gasteiger partial charge in [-0.1, -0.05) is 0 Å². The summed E-state index contributed by atoms with van der Waals surface area (Å²) in [7, 11) is 1.76. The lowest BCUT2D eigenvalue weighted by atomic mass is 10.1. The zero-order chi connectivity index (χ0) is 14.7. The Morgan fingerprint density at radius 2 is 2.20 bits per heavy atom. The second-order valence-corrected chi connectivity index (χ2v) is 4.74. The molecule has 0 saturated carbocycles. The summed E-state index contributed by atoms with van der Waals surface area (Å²) in [5, 5.41) is 3.96. The number of amides is 1. The van der Waals surface area contributed by atoms with Crippen LogP contribution in [0.1, 0.15) is 13.8 Å². The molecule has 2 aromatic rings. The first kappa shape index (κ1) is 14.2. The molecule has 1 heterocycles. The van der Waals surface area contributed by atoms with Crippen LogP contribution in [0.5, 0.6) is 0 Å². The molecule has 2 rings (SSSR count). The molecule has 0 fully saturated rings. The molecule has 4 nitrogen and oxygen atoms in total. The summed E-state index contributed by atoms with van der Waals surface area (Å²) >= 11 is 0. The maximum atomic E-state index is 13.2. The van der Waals surface area contributed by atoms with Crippen LogP contribution >= 0.6 is 0 Å². The number of likely N-dealkylation sites (N-methyl/N-ethyl adjacent to an activating group) is 1. The Balaban J connectivity index is 2.28. The van der Waals surface area contributed by atoms with Gasteiger partial charge >= 0.3 is 0 Å². The van der Waals surface area contributed by atoms with Gasteiger partial charge < -0.3 is 10.2 Å². The van der Waals surface area contributed by atoms with E-state index in [4.69, 9.17) is 0 Å². The summed E-state index contributed by atoms with van der Waals surface area (Å²) in [6.45, 7) is 4.40. The van der Waals surface area contributed by atoms with Gasteiger partial charge in [-0.05, 0) is 32.0 Å². The first-order chi connectivity index (χ1) is 9.52. The molecular weight excluding hydrogens is 257 g/mol. The number of carbonyl (C=O) groups is 1. The van der Waals surface area contributed by atoms with Crippen molar-refractivity contribution in [2.24, 2.45) is 0 Å². The van der Waals surface area contributed by atoms with Crippen LogP contribution in [0.2, 0.25) is 0 Å². The third-order valence-corrected chi connectivity index (χ3v) is 3.30. The van der Waals surface area contributed by atoms with Crippen molar-refractivity contribution in [3.05, 3.63) is 36.3 Å². The number of nitrogens with one attached hydrogen (secondary N) is 1. The van der Waals surface area contributed by atoms with Crippen molar-refractivity contribution < 1.29 is 9.18 Å². The van der Waals surface area contributed by atoms with Crippen LogP contribution in [0.25, 0.3) is 10.9 Å². The number of nitrogens with zero attached hydrogens (tertiary/aromatic N) is 2. The van der Waals surface area contributed by atoms with Gasteiger partial charge in [0.05, 0.1) is 5.52 Å². The van der Waals surface area contributed by atoms with Gasteiger partial charge in [-0.2, -0.15) is 0 Å². The number of fused-ring (bicyclic) bond motifs is 1. The smallest absolute Gasteiger partial charge is 0.244 e. The third kappa shape index (κ3) is 2.87. The average molecular weight is 275 g/mol. The number of pyridine rings is 1. The fourth-order valence-electron chi connectivity index (χ4n) is 2.03. The van der Waals surface area contributed by atoms with Gasteiger partial charge in [-0.25, -0.2) is 4.39 Å². The molecule has 0 aliphatic carbocycles. The number of anilines is 1. The van der Waals surface area contributed by atoms with Gasteiger partial charge in [-0.15, -0.1) is 0 Å². The largest absolute Gasteiger partial charge is 0.373 e. The molecule has 0 aliphatic heterocycles. The minimum absolute atomic E-state index is 0.0135. The van der Waals surface area contributed by atoms with E-state index in [1.165, 1.54) is 12.1 Å². The highest BCUT2D eigenvalue weighted by atomic mass is 19.1. The Labute approximate surface area is 117 Å². The van der Waals surface area contributed by atoms with Crippen molar-refractivity contribution in [1.29, 1.82) is 0 Å². The molecule has 0 spiro atoms. The van der Waals surface area contributed by atoms with Gasteiger partial charge in [0, 0.05) is 36.9 Å². The topological polar surface area (TPSA) is 45.2 Å². The number of benzene rings is 1. The third-order valence-electron chi connectivity index (χ3n) is 3.30. The lowest BCUT2D eigenvalue weighted by Crippen LogP contribution is -2.38. The van der Waals surface area contributed by atoms with E-state index >= 15 is 0 Å². The molecule has 1 aromatic heterocycles. The van der Waals surface area contributed by atoms with Crippen molar-refractivity contribution in [3.8, 4) is 0 Å². The van der Waals surface area contributed by atoms with Crippen molar-refractivity contribution in [2.75, 3.05) is 18.9 Å². The Morgan fingerprint density at radius 1 is 1.45 bits per heavy atom. The summed E-state index contributed by atoms with van der Waals surface area (Å²) in [6, 6.07) is 5.87. The molecule has 1 N–H and O–H groups in total. The molecule has 5 heteroatoms. The zero-order valence-corrected chi connectivity index (χ0v) is 11.9. The highest BCUT2D eigenvalue weighted by molar-refractivity contribution is 5.93. The van der Waals surface area contributed by atoms with E-state index in [9.17, 15) is 9.18 Å². The fourth-order valence-corrected chi connectivity index (χ4v) is 2.03. The van der Waals surface area contributed by atoms with E-state index in [2.05, 4.69) is 10.3 Å². The fraction of sp³-hybridized carbons (Fsp3) is 0.333. The maximum Gasteiger partial charge on any atom is 0.244 e. The standard InChI is InChI=1S/C15H18FN3O/c1-4-19(3)15(20)10(2)18-13-7-8-17-14-9-11(16)5-6-12(13)14/h5-10H,4H2,1-3H3,(H,17,18). The first-order valence-corrected chi connectivity index (χ1v) is 6.58. The van der Waals surface area contributed by atoms with Gasteiger partial charge in [0.25, 0.3) is 0 Å². The highest BCUT2D eigenvalue weighted by Gasteiger charge is 2.16. The molecule has 0 bridgehead atoms. The summed E-state index contributed by atoms with van der Waals surface area (Å²) in [5.74, 6) is -0.309. The van der Waals surface area contributed by atoms with E-state index in [0.29, 0.717) is 12.1 Å². The van der Waals surface area contributed by atoms with E-state index in [0.717, 1.165) is 11.1 Å². The van der Waals surface area contributed by atoms with Crippen LogP contribution < -0.4 is 5.32 Å². The van der Waals surface area contributed by atoms with Gasteiger partial charge in [0.2, 0.25) is 5.91 Å². The van der Waals surface area contributed by atoms with Crippen LogP contribution in [-0.4, -0.2) is 35.4 Å². The van der Waals surface area contributed by atoms with Gasteiger partial charge in [-0.3, -0.25) is 9.78 Å². The molecule has 1 amide bonds. The molecule has 1 unspecified atom stereocenters. The van der Waals surface area contributed by atoms with Crippen LogP contribution in [-0.2, 0) is 4.79 Å².